The molecule has 0 aromatic heterocycles. The van der Waals surface area contributed by atoms with Gasteiger partial charge in [0.25, 0.3) is 0 Å². The minimum absolute atomic E-state index is 0.150. The number of aryl methyl sites for hydroxylation is 1. The van der Waals surface area contributed by atoms with Crippen LogP contribution in [0.3, 0.4) is 0 Å². The fourth-order valence-electron chi connectivity index (χ4n) is 0.846. The molecule has 1 rings (SSSR count). The van der Waals surface area contributed by atoms with Crippen LogP contribution in [0.5, 0.6) is 0 Å². The summed E-state index contributed by atoms with van der Waals surface area (Å²) in [6.45, 7) is 1.82. The number of aliphatic carboxylic acids is 1. The third kappa shape index (κ3) is 2.62. The first-order chi connectivity index (χ1) is 5.68. The minimum Gasteiger partial charge on any atom is -0.548 e. The number of nitrogens with one attached hydrogen (secondary N) is 1. The third-order valence-electron chi connectivity index (χ3n) is 1.49. The Labute approximate surface area is 71.0 Å². The van der Waals surface area contributed by atoms with Gasteiger partial charge in [-0.25, -0.2) is 0 Å². The van der Waals surface area contributed by atoms with E-state index < -0.39 is 5.97 Å². The van der Waals surface area contributed by atoms with Crippen LogP contribution in [0, 0.1) is 6.92 Å². The molecule has 3 heteroatoms. The quantitative estimate of drug-likeness (QED) is 0.692. The molecule has 1 aromatic rings. The van der Waals surface area contributed by atoms with Crippen molar-refractivity contribution in [2.24, 2.45) is 0 Å². The van der Waals surface area contributed by atoms with E-state index in [1.54, 1.807) is 0 Å². The standard InChI is InChI=1S/C9H11NO2/c1-7-2-4-8(5-3-7)10-6-9(11)12/h2-5,10H,6H2,1H3,(H,11,12)/p-1. The van der Waals surface area contributed by atoms with E-state index in [0.29, 0.717) is 0 Å². The second-order valence-electron chi connectivity index (χ2n) is 2.59. The highest BCUT2D eigenvalue weighted by Gasteiger charge is 1.89. The maximum atomic E-state index is 10.1. The molecule has 0 spiro atoms. The van der Waals surface area contributed by atoms with Crippen LogP contribution in [0.2, 0.25) is 0 Å². The predicted octanol–water partition coefficient (Wildman–Crippen LogP) is 0.157. The fraction of sp³-hybridized carbons (Fsp3) is 0.222. The van der Waals surface area contributed by atoms with E-state index in [0.717, 1.165) is 11.3 Å². The van der Waals surface area contributed by atoms with E-state index in [-0.39, 0.29) is 6.54 Å². The van der Waals surface area contributed by atoms with Crippen molar-refractivity contribution < 1.29 is 9.90 Å². The summed E-state index contributed by atoms with van der Waals surface area (Å²) >= 11 is 0. The molecule has 0 radical (unpaired) electrons. The van der Waals surface area contributed by atoms with Gasteiger partial charge in [-0.3, -0.25) is 0 Å². The Morgan fingerprint density at radius 1 is 1.42 bits per heavy atom. The number of carboxylic acid groups (broad SMARTS) is 1. The summed E-state index contributed by atoms with van der Waals surface area (Å²) in [4.78, 5) is 10.1. The number of carboxylic acids is 1. The van der Waals surface area contributed by atoms with Gasteiger partial charge in [0.2, 0.25) is 0 Å². The molecule has 0 unspecified atom stereocenters. The average Bonchev–Trinajstić information content (AvgIpc) is 2.03. The molecule has 0 fully saturated rings. The molecular weight excluding hydrogens is 154 g/mol. The Morgan fingerprint density at radius 2 is 2.00 bits per heavy atom. The van der Waals surface area contributed by atoms with Crippen molar-refractivity contribution >= 4 is 11.7 Å². The maximum absolute atomic E-state index is 10.1. The van der Waals surface area contributed by atoms with E-state index in [1.165, 1.54) is 0 Å². The van der Waals surface area contributed by atoms with Gasteiger partial charge in [0.1, 0.15) is 0 Å². The van der Waals surface area contributed by atoms with Gasteiger partial charge >= 0.3 is 0 Å². The lowest BCUT2D eigenvalue weighted by Crippen LogP contribution is -2.30. The highest BCUT2D eigenvalue weighted by molar-refractivity contribution is 5.70. The topological polar surface area (TPSA) is 52.2 Å². The SMILES string of the molecule is Cc1ccc(NCC(=O)[O-])cc1. The molecule has 0 aliphatic rings. The van der Waals surface area contributed by atoms with Crippen LogP contribution in [-0.2, 0) is 4.79 Å². The van der Waals surface area contributed by atoms with E-state index in [4.69, 9.17) is 0 Å². The number of carbonyl (C=O) groups excluding carboxylic acids is 1. The van der Waals surface area contributed by atoms with Crippen LogP contribution in [0.15, 0.2) is 24.3 Å². The highest BCUT2D eigenvalue weighted by Crippen LogP contribution is 2.07. The van der Waals surface area contributed by atoms with Gasteiger partial charge in [0.05, 0.1) is 12.5 Å². The molecule has 1 aromatic carbocycles. The molecule has 64 valence electrons. The number of hydrogen-bond acceptors (Lipinski definition) is 3. The van der Waals surface area contributed by atoms with E-state index >= 15 is 0 Å². The molecule has 0 saturated carbocycles. The number of rotatable bonds is 3. The summed E-state index contributed by atoms with van der Waals surface area (Å²) in [5.41, 5.74) is 1.94. The van der Waals surface area contributed by atoms with E-state index in [9.17, 15) is 9.90 Å². The maximum Gasteiger partial charge on any atom is 0.0605 e. The molecule has 12 heavy (non-hydrogen) atoms. The Hall–Kier alpha value is -1.51. The molecule has 0 bridgehead atoms. The van der Waals surface area contributed by atoms with Crippen molar-refractivity contribution in [1.82, 2.24) is 0 Å². The van der Waals surface area contributed by atoms with Crippen molar-refractivity contribution in [3.05, 3.63) is 29.8 Å². The van der Waals surface area contributed by atoms with Gasteiger partial charge in [0, 0.05) is 5.69 Å². The number of anilines is 1. The molecule has 0 amide bonds. The van der Waals surface area contributed by atoms with Crippen LogP contribution in [0.1, 0.15) is 5.56 Å². The summed E-state index contributed by atoms with van der Waals surface area (Å²) < 4.78 is 0. The summed E-state index contributed by atoms with van der Waals surface area (Å²) in [6.07, 6.45) is 0. The number of carbonyl (C=O) groups is 1. The molecule has 0 saturated heterocycles. The number of hydrogen-bond donors (Lipinski definition) is 1. The molecule has 0 atom stereocenters. The zero-order valence-electron chi connectivity index (χ0n) is 6.83. The van der Waals surface area contributed by atoms with Crippen molar-refractivity contribution in [2.75, 3.05) is 11.9 Å². The second-order valence-corrected chi connectivity index (χ2v) is 2.59. The molecule has 3 nitrogen and oxygen atoms in total. The van der Waals surface area contributed by atoms with Crippen molar-refractivity contribution in [3.63, 3.8) is 0 Å². The normalized spacial score (nSPS) is 9.42. The minimum atomic E-state index is -1.10. The summed E-state index contributed by atoms with van der Waals surface area (Å²) in [5, 5.41) is 12.8. The monoisotopic (exact) mass is 164 g/mol. The van der Waals surface area contributed by atoms with E-state index in [2.05, 4.69) is 5.32 Å². The zero-order chi connectivity index (χ0) is 8.97. The number of benzene rings is 1. The third-order valence-corrected chi connectivity index (χ3v) is 1.49. The van der Waals surface area contributed by atoms with Crippen LogP contribution in [-0.4, -0.2) is 12.5 Å². The second kappa shape index (κ2) is 3.76. The first kappa shape index (κ1) is 8.59. The molecule has 0 aliphatic heterocycles. The van der Waals surface area contributed by atoms with Gasteiger partial charge in [-0.2, -0.15) is 0 Å². The van der Waals surface area contributed by atoms with Gasteiger partial charge in [-0.1, -0.05) is 17.7 Å². The Kier molecular flexibility index (Phi) is 2.69. The van der Waals surface area contributed by atoms with Crippen LogP contribution in [0.4, 0.5) is 5.69 Å². The highest BCUT2D eigenvalue weighted by atomic mass is 16.4. The van der Waals surface area contributed by atoms with Crippen LogP contribution in [0.25, 0.3) is 0 Å². The summed E-state index contributed by atoms with van der Waals surface area (Å²) in [5.74, 6) is -1.10. The summed E-state index contributed by atoms with van der Waals surface area (Å²) in [7, 11) is 0. The Bertz CT molecular complexity index is 266. The van der Waals surface area contributed by atoms with Crippen molar-refractivity contribution in [1.29, 1.82) is 0 Å². The molecule has 1 N–H and O–H groups in total. The molecule has 0 heterocycles. The van der Waals surface area contributed by atoms with Crippen molar-refractivity contribution in [3.8, 4) is 0 Å². The lowest BCUT2D eigenvalue weighted by atomic mass is 10.2. The molecule has 0 aliphatic carbocycles. The first-order valence-electron chi connectivity index (χ1n) is 3.69. The van der Waals surface area contributed by atoms with Gasteiger partial charge in [-0.15, -0.1) is 0 Å². The van der Waals surface area contributed by atoms with Gasteiger partial charge in [0.15, 0.2) is 0 Å². The van der Waals surface area contributed by atoms with Crippen molar-refractivity contribution in [2.45, 2.75) is 6.92 Å². The zero-order valence-corrected chi connectivity index (χ0v) is 6.83. The Balaban J connectivity index is 2.53. The van der Waals surface area contributed by atoms with Gasteiger partial charge < -0.3 is 15.2 Å². The lowest BCUT2D eigenvalue weighted by Gasteiger charge is -2.06. The fourth-order valence-corrected chi connectivity index (χ4v) is 0.846. The molecular formula is C9H10NO2-. The van der Waals surface area contributed by atoms with Crippen LogP contribution >= 0.6 is 0 Å². The van der Waals surface area contributed by atoms with Crippen LogP contribution < -0.4 is 10.4 Å². The summed E-state index contributed by atoms with van der Waals surface area (Å²) in [6, 6.07) is 7.49. The average molecular weight is 164 g/mol. The first-order valence-corrected chi connectivity index (χ1v) is 3.69. The predicted molar refractivity (Wildman–Crippen MR) is 44.7 cm³/mol. The smallest absolute Gasteiger partial charge is 0.0605 e. The van der Waals surface area contributed by atoms with Gasteiger partial charge in [-0.05, 0) is 19.1 Å². The lowest BCUT2D eigenvalue weighted by molar-refractivity contribution is -0.302. The van der Waals surface area contributed by atoms with E-state index in [1.807, 2.05) is 31.2 Å². The largest absolute Gasteiger partial charge is 0.548 e. The Morgan fingerprint density at radius 3 is 2.50 bits per heavy atom.